The summed E-state index contributed by atoms with van der Waals surface area (Å²) >= 11 is 0. The van der Waals surface area contributed by atoms with Crippen molar-refractivity contribution in [3.05, 3.63) is 0 Å². The normalized spacial score (nSPS) is 20.7. The molecule has 0 aromatic rings. The van der Waals surface area contributed by atoms with Crippen LogP contribution in [0.1, 0.15) is 20.8 Å². The second-order valence-electron chi connectivity index (χ2n) is 3.48. The molecule has 0 spiro atoms. The Morgan fingerprint density at radius 1 is 1.50 bits per heavy atom. The van der Waals surface area contributed by atoms with Crippen LogP contribution in [0.15, 0.2) is 4.99 Å². The van der Waals surface area contributed by atoms with Crippen molar-refractivity contribution in [3.63, 3.8) is 0 Å². The van der Waals surface area contributed by atoms with Gasteiger partial charge in [0.25, 0.3) is 0 Å². The van der Waals surface area contributed by atoms with Crippen molar-refractivity contribution in [2.45, 2.75) is 32.9 Å². The molecule has 0 saturated carbocycles. The third-order valence-electron chi connectivity index (χ3n) is 2.01. The minimum atomic E-state index is -0.584. The van der Waals surface area contributed by atoms with Gasteiger partial charge in [0.15, 0.2) is 12.0 Å². The summed E-state index contributed by atoms with van der Waals surface area (Å²) in [5.74, 6) is -0.307. The molecule has 0 fully saturated rings. The molecule has 0 aliphatic carbocycles. The maximum absolute atomic E-state index is 10.9. The van der Waals surface area contributed by atoms with Crippen LogP contribution < -0.4 is 0 Å². The molecule has 2 atom stereocenters. The Balaban J connectivity index is 2.56. The molecule has 1 aliphatic heterocycles. The highest BCUT2D eigenvalue weighted by Crippen LogP contribution is 2.12. The van der Waals surface area contributed by atoms with E-state index in [2.05, 4.69) is 4.99 Å². The summed E-state index contributed by atoms with van der Waals surface area (Å²) in [4.78, 5) is 25.7. The van der Waals surface area contributed by atoms with Crippen molar-refractivity contribution in [1.82, 2.24) is 0 Å². The first-order valence-electron chi connectivity index (χ1n) is 4.97. The average Bonchev–Trinajstić information content (AvgIpc) is 2.58. The van der Waals surface area contributed by atoms with Crippen molar-refractivity contribution in [3.8, 4) is 0 Å². The first-order valence-corrected chi connectivity index (χ1v) is 4.97. The molecule has 0 bridgehead atoms. The van der Waals surface area contributed by atoms with E-state index in [-0.39, 0.29) is 12.6 Å². The van der Waals surface area contributed by atoms with Crippen LogP contribution in [0.2, 0.25) is 0 Å². The molecule has 0 aromatic carbocycles. The Bertz CT molecular complexity index is 312. The molecule has 16 heavy (non-hydrogen) atoms. The highest BCUT2D eigenvalue weighted by molar-refractivity contribution is 5.75. The van der Waals surface area contributed by atoms with Gasteiger partial charge in [0.1, 0.15) is 19.3 Å². The van der Waals surface area contributed by atoms with Crippen LogP contribution in [0.4, 0.5) is 0 Å². The number of carbonyl (C=O) groups excluding carboxylic acids is 2. The van der Waals surface area contributed by atoms with Crippen LogP contribution in [0, 0.1) is 0 Å². The molecule has 2 unspecified atom stereocenters. The number of nitrogens with zero attached hydrogens (tertiary/aromatic N) is 1. The zero-order valence-electron chi connectivity index (χ0n) is 9.56. The van der Waals surface area contributed by atoms with E-state index in [9.17, 15) is 9.59 Å². The van der Waals surface area contributed by atoms with E-state index in [0.717, 1.165) is 0 Å². The number of ether oxygens (including phenoxy) is 3. The SMILES string of the molecule is CC(=O)OCC(OC(C)=O)C1COC(C)=N1. The molecule has 0 saturated heterocycles. The van der Waals surface area contributed by atoms with Crippen molar-refractivity contribution in [2.75, 3.05) is 13.2 Å². The summed E-state index contributed by atoms with van der Waals surface area (Å²) in [6.45, 7) is 4.65. The maximum atomic E-state index is 10.9. The largest absolute Gasteiger partial charge is 0.479 e. The molecule has 0 aromatic heterocycles. The lowest BCUT2D eigenvalue weighted by Gasteiger charge is -2.19. The standard InChI is InChI=1S/C10H15NO5/c1-6-11-9(4-14-6)10(16-8(3)13)5-15-7(2)12/h9-10H,4-5H2,1-3H3. The number of carbonyl (C=O) groups is 2. The number of rotatable bonds is 4. The van der Waals surface area contributed by atoms with Crippen molar-refractivity contribution < 1.29 is 23.8 Å². The summed E-state index contributed by atoms with van der Waals surface area (Å²) in [5.41, 5.74) is 0. The fourth-order valence-electron chi connectivity index (χ4n) is 1.34. The number of esters is 2. The van der Waals surface area contributed by atoms with Gasteiger partial charge < -0.3 is 14.2 Å². The first-order chi connectivity index (χ1) is 7.49. The van der Waals surface area contributed by atoms with Gasteiger partial charge in [-0.2, -0.15) is 0 Å². The number of hydrogen-bond acceptors (Lipinski definition) is 6. The van der Waals surface area contributed by atoms with Crippen LogP contribution >= 0.6 is 0 Å². The van der Waals surface area contributed by atoms with Gasteiger partial charge in [-0.05, 0) is 0 Å². The topological polar surface area (TPSA) is 74.2 Å². The van der Waals surface area contributed by atoms with Gasteiger partial charge in [0.05, 0.1) is 0 Å². The van der Waals surface area contributed by atoms with Gasteiger partial charge in [0.2, 0.25) is 0 Å². The molecular weight excluding hydrogens is 214 g/mol. The van der Waals surface area contributed by atoms with E-state index in [1.165, 1.54) is 13.8 Å². The fraction of sp³-hybridized carbons (Fsp3) is 0.700. The molecular formula is C10H15NO5. The summed E-state index contributed by atoms with van der Waals surface area (Å²) in [5, 5.41) is 0. The van der Waals surface area contributed by atoms with Crippen molar-refractivity contribution in [2.24, 2.45) is 4.99 Å². The zero-order chi connectivity index (χ0) is 12.1. The number of hydrogen-bond donors (Lipinski definition) is 0. The molecule has 90 valence electrons. The van der Waals surface area contributed by atoms with Crippen LogP contribution in [-0.4, -0.2) is 43.2 Å². The molecule has 6 heteroatoms. The van der Waals surface area contributed by atoms with Crippen LogP contribution in [-0.2, 0) is 23.8 Å². The molecule has 6 nitrogen and oxygen atoms in total. The van der Waals surface area contributed by atoms with Crippen LogP contribution in [0.3, 0.4) is 0 Å². The molecule has 1 rings (SSSR count). The lowest BCUT2D eigenvalue weighted by molar-refractivity contribution is -0.157. The lowest BCUT2D eigenvalue weighted by Crippen LogP contribution is -2.35. The van der Waals surface area contributed by atoms with Gasteiger partial charge in [0, 0.05) is 20.8 Å². The molecule has 0 N–H and O–H groups in total. The maximum Gasteiger partial charge on any atom is 0.303 e. The van der Waals surface area contributed by atoms with E-state index in [0.29, 0.717) is 12.5 Å². The van der Waals surface area contributed by atoms with Gasteiger partial charge in [-0.1, -0.05) is 0 Å². The predicted octanol–water partition coefficient (Wildman–Crippen LogP) is 0.298. The van der Waals surface area contributed by atoms with Crippen molar-refractivity contribution >= 4 is 17.8 Å². The Morgan fingerprint density at radius 2 is 2.19 bits per heavy atom. The highest BCUT2D eigenvalue weighted by atomic mass is 16.6. The third kappa shape index (κ3) is 3.88. The average molecular weight is 229 g/mol. The summed E-state index contributed by atoms with van der Waals surface area (Å²) in [6, 6.07) is -0.303. The van der Waals surface area contributed by atoms with E-state index in [1.54, 1.807) is 6.92 Å². The number of aliphatic imine (C=N–C) groups is 1. The first kappa shape index (κ1) is 12.5. The molecule has 1 heterocycles. The Kier molecular flexibility index (Phi) is 4.28. The molecule has 0 radical (unpaired) electrons. The lowest BCUT2D eigenvalue weighted by atomic mass is 10.2. The molecule has 0 amide bonds. The Labute approximate surface area is 93.6 Å². The highest BCUT2D eigenvalue weighted by Gasteiger charge is 2.29. The van der Waals surface area contributed by atoms with E-state index >= 15 is 0 Å². The summed E-state index contributed by atoms with van der Waals surface area (Å²) < 4.78 is 15.0. The Hall–Kier alpha value is -1.59. The quantitative estimate of drug-likeness (QED) is 0.648. The van der Waals surface area contributed by atoms with Crippen LogP contribution in [0.5, 0.6) is 0 Å². The predicted molar refractivity (Wildman–Crippen MR) is 55.0 cm³/mol. The van der Waals surface area contributed by atoms with E-state index in [4.69, 9.17) is 14.2 Å². The van der Waals surface area contributed by atoms with Gasteiger partial charge in [-0.3, -0.25) is 9.59 Å². The second kappa shape index (κ2) is 5.48. The van der Waals surface area contributed by atoms with Crippen molar-refractivity contribution in [1.29, 1.82) is 0 Å². The summed E-state index contributed by atoms with van der Waals surface area (Å²) in [6.07, 6.45) is -0.584. The van der Waals surface area contributed by atoms with E-state index < -0.39 is 18.0 Å². The second-order valence-corrected chi connectivity index (χ2v) is 3.48. The zero-order valence-corrected chi connectivity index (χ0v) is 9.56. The molecule has 1 aliphatic rings. The van der Waals surface area contributed by atoms with Crippen LogP contribution in [0.25, 0.3) is 0 Å². The minimum Gasteiger partial charge on any atom is -0.479 e. The monoisotopic (exact) mass is 229 g/mol. The van der Waals surface area contributed by atoms with Gasteiger partial charge in [-0.15, -0.1) is 0 Å². The fourth-order valence-corrected chi connectivity index (χ4v) is 1.34. The minimum absolute atomic E-state index is 0.000278. The summed E-state index contributed by atoms with van der Waals surface area (Å²) in [7, 11) is 0. The third-order valence-corrected chi connectivity index (χ3v) is 2.01. The van der Waals surface area contributed by atoms with E-state index in [1.807, 2.05) is 0 Å². The van der Waals surface area contributed by atoms with Gasteiger partial charge >= 0.3 is 11.9 Å². The smallest absolute Gasteiger partial charge is 0.303 e. The van der Waals surface area contributed by atoms with Gasteiger partial charge in [-0.25, -0.2) is 4.99 Å². The Morgan fingerprint density at radius 3 is 2.62 bits per heavy atom.